The van der Waals surface area contributed by atoms with E-state index in [1.54, 1.807) is 0 Å². The third-order valence-corrected chi connectivity index (χ3v) is 3.20. The van der Waals surface area contributed by atoms with E-state index in [1.807, 2.05) is 0 Å². The Balaban J connectivity index is 2.01. The van der Waals surface area contributed by atoms with Crippen LogP contribution in [0.15, 0.2) is 12.2 Å². The van der Waals surface area contributed by atoms with Crippen LogP contribution in [0.1, 0.15) is 51.9 Å². The second-order valence-electron chi connectivity index (χ2n) is 4.94. The SMILES string of the molecule is CCCCCCCCCOC(=O)CN1C(=O)C=CC1=O. The highest BCUT2D eigenvalue weighted by Gasteiger charge is 2.25. The lowest BCUT2D eigenvalue weighted by atomic mass is 10.1. The first-order chi connectivity index (χ1) is 9.65. The van der Waals surface area contributed by atoms with E-state index < -0.39 is 17.8 Å². The minimum atomic E-state index is -0.526. The molecule has 0 spiro atoms. The fourth-order valence-electron chi connectivity index (χ4n) is 2.01. The maximum absolute atomic E-state index is 11.5. The van der Waals surface area contributed by atoms with Crippen LogP contribution < -0.4 is 0 Å². The molecule has 0 radical (unpaired) electrons. The number of unbranched alkanes of at least 4 members (excludes halogenated alkanes) is 6. The van der Waals surface area contributed by atoms with Gasteiger partial charge >= 0.3 is 5.97 Å². The van der Waals surface area contributed by atoms with Crippen LogP contribution >= 0.6 is 0 Å². The molecule has 0 fully saturated rings. The van der Waals surface area contributed by atoms with E-state index in [4.69, 9.17) is 4.74 Å². The zero-order valence-electron chi connectivity index (χ0n) is 12.1. The lowest BCUT2D eigenvalue weighted by Crippen LogP contribution is -2.35. The molecule has 1 aliphatic heterocycles. The molecule has 2 amide bonds. The van der Waals surface area contributed by atoms with Gasteiger partial charge < -0.3 is 4.74 Å². The standard InChI is InChI=1S/C15H23NO4/c1-2-3-4-5-6-7-8-11-20-15(19)12-16-13(17)9-10-14(16)18/h9-10H,2-8,11-12H2,1H3. The third-order valence-electron chi connectivity index (χ3n) is 3.20. The van der Waals surface area contributed by atoms with Crippen molar-refractivity contribution in [3.05, 3.63) is 12.2 Å². The number of hydrogen-bond donors (Lipinski definition) is 0. The van der Waals surface area contributed by atoms with Crippen molar-refractivity contribution in [2.24, 2.45) is 0 Å². The summed E-state index contributed by atoms with van der Waals surface area (Å²) in [6.07, 6.45) is 10.4. The van der Waals surface area contributed by atoms with Gasteiger partial charge in [0.1, 0.15) is 6.54 Å². The number of hydrogen-bond acceptors (Lipinski definition) is 4. The van der Waals surface area contributed by atoms with Gasteiger partial charge in [-0.2, -0.15) is 0 Å². The Morgan fingerprint density at radius 1 is 1.00 bits per heavy atom. The molecule has 20 heavy (non-hydrogen) atoms. The van der Waals surface area contributed by atoms with Gasteiger partial charge in [0.15, 0.2) is 0 Å². The fraction of sp³-hybridized carbons (Fsp3) is 0.667. The minimum absolute atomic E-state index is 0.291. The average molecular weight is 281 g/mol. The number of amides is 2. The highest BCUT2D eigenvalue weighted by molar-refractivity contribution is 6.14. The first-order valence-electron chi connectivity index (χ1n) is 7.34. The van der Waals surface area contributed by atoms with E-state index in [0.717, 1.165) is 36.3 Å². The summed E-state index contributed by atoms with van der Waals surface area (Å²) in [7, 11) is 0. The number of nitrogens with zero attached hydrogens (tertiary/aromatic N) is 1. The van der Waals surface area contributed by atoms with Crippen LogP contribution in [0.2, 0.25) is 0 Å². The second-order valence-corrected chi connectivity index (χ2v) is 4.94. The van der Waals surface area contributed by atoms with Gasteiger partial charge in [-0.1, -0.05) is 45.4 Å². The smallest absolute Gasteiger partial charge is 0.326 e. The Kier molecular flexibility index (Phi) is 7.62. The highest BCUT2D eigenvalue weighted by Crippen LogP contribution is 2.07. The molecule has 1 aliphatic rings. The van der Waals surface area contributed by atoms with Crippen molar-refractivity contribution in [3.63, 3.8) is 0 Å². The van der Waals surface area contributed by atoms with E-state index in [2.05, 4.69) is 6.92 Å². The van der Waals surface area contributed by atoms with Gasteiger partial charge in [0.2, 0.25) is 0 Å². The summed E-state index contributed by atoms with van der Waals surface area (Å²) in [6.45, 7) is 2.25. The van der Waals surface area contributed by atoms with Crippen LogP contribution in [0, 0.1) is 0 Å². The lowest BCUT2D eigenvalue weighted by Gasteiger charge is -2.12. The van der Waals surface area contributed by atoms with E-state index in [0.29, 0.717) is 6.61 Å². The summed E-state index contributed by atoms with van der Waals surface area (Å²) in [5.74, 6) is -1.44. The van der Waals surface area contributed by atoms with Gasteiger partial charge in [0.25, 0.3) is 11.8 Å². The van der Waals surface area contributed by atoms with Crippen molar-refractivity contribution in [2.45, 2.75) is 51.9 Å². The number of carbonyl (C=O) groups is 3. The van der Waals surface area contributed by atoms with E-state index in [1.165, 1.54) is 25.7 Å². The number of rotatable bonds is 10. The molecule has 5 heteroatoms. The molecule has 1 heterocycles. The molecule has 0 saturated heterocycles. The second kappa shape index (κ2) is 9.28. The summed E-state index contributed by atoms with van der Waals surface area (Å²) >= 11 is 0. The van der Waals surface area contributed by atoms with Gasteiger partial charge in [-0.25, -0.2) is 0 Å². The van der Waals surface area contributed by atoms with Crippen LogP contribution in [-0.2, 0) is 19.1 Å². The summed E-state index contributed by atoms with van der Waals surface area (Å²) in [5.41, 5.74) is 0. The monoisotopic (exact) mass is 281 g/mol. The molecule has 0 aromatic carbocycles. The van der Waals surface area contributed by atoms with Crippen molar-refractivity contribution < 1.29 is 19.1 Å². The molecule has 0 N–H and O–H groups in total. The van der Waals surface area contributed by atoms with Crippen LogP contribution in [0.25, 0.3) is 0 Å². The van der Waals surface area contributed by atoms with Gasteiger partial charge in [-0.05, 0) is 6.42 Å². The molecule has 0 aliphatic carbocycles. The van der Waals surface area contributed by atoms with Crippen LogP contribution in [0.4, 0.5) is 0 Å². The Bertz CT molecular complexity index is 358. The molecule has 0 aromatic rings. The summed E-state index contributed by atoms with van der Waals surface area (Å²) in [6, 6.07) is 0. The van der Waals surface area contributed by atoms with Gasteiger partial charge in [0, 0.05) is 12.2 Å². The largest absolute Gasteiger partial charge is 0.464 e. The van der Waals surface area contributed by atoms with Crippen molar-refractivity contribution in [1.29, 1.82) is 0 Å². The number of carbonyl (C=O) groups excluding carboxylic acids is 3. The molecule has 1 rings (SSSR count). The van der Waals surface area contributed by atoms with Crippen molar-refractivity contribution >= 4 is 17.8 Å². The number of ether oxygens (including phenoxy) is 1. The van der Waals surface area contributed by atoms with E-state index in [-0.39, 0.29) is 6.54 Å². The van der Waals surface area contributed by atoms with E-state index >= 15 is 0 Å². The van der Waals surface area contributed by atoms with Crippen LogP contribution in [0.3, 0.4) is 0 Å². The summed E-state index contributed by atoms with van der Waals surface area (Å²) < 4.78 is 5.02. The lowest BCUT2D eigenvalue weighted by molar-refractivity contribution is -0.151. The Hall–Kier alpha value is -1.65. The Morgan fingerprint density at radius 3 is 2.15 bits per heavy atom. The minimum Gasteiger partial charge on any atom is -0.464 e. The van der Waals surface area contributed by atoms with Crippen molar-refractivity contribution in [1.82, 2.24) is 4.90 Å². The molecule has 0 atom stereocenters. The predicted octanol–water partition coefficient (Wildman–Crippen LogP) is 2.21. The maximum atomic E-state index is 11.5. The molecule has 0 aromatic heterocycles. The van der Waals surface area contributed by atoms with Gasteiger partial charge in [-0.3, -0.25) is 19.3 Å². The zero-order valence-corrected chi connectivity index (χ0v) is 12.1. The molecule has 5 nitrogen and oxygen atoms in total. The van der Waals surface area contributed by atoms with Gasteiger partial charge in [-0.15, -0.1) is 0 Å². The van der Waals surface area contributed by atoms with Crippen LogP contribution in [0.5, 0.6) is 0 Å². The van der Waals surface area contributed by atoms with Crippen molar-refractivity contribution in [3.8, 4) is 0 Å². The quantitative estimate of drug-likeness (QED) is 0.350. The first kappa shape index (κ1) is 16.4. The zero-order chi connectivity index (χ0) is 14.8. The molecule has 0 saturated carbocycles. The summed E-state index contributed by atoms with van der Waals surface area (Å²) in [4.78, 5) is 34.8. The van der Waals surface area contributed by atoms with Crippen molar-refractivity contribution in [2.75, 3.05) is 13.2 Å². The average Bonchev–Trinajstić information content (AvgIpc) is 2.73. The van der Waals surface area contributed by atoms with Gasteiger partial charge in [0.05, 0.1) is 6.61 Å². The molecular formula is C15H23NO4. The third kappa shape index (κ3) is 5.99. The molecule has 112 valence electrons. The molecular weight excluding hydrogens is 258 g/mol. The van der Waals surface area contributed by atoms with E-state index in [9.17, 15) is 14.4 Å². The predicted molar refractivity (Wildman–Crippen MR) is 74.8 cm³/mol. The Morgan fingerprint density at radius 2 is 1.55 bits per heavy atom. The summed E-state index contributed by atoms with van der Waals surface area (Å²) in [5, 5.41) is 0. The maximum Gasteiger partial charge on any atom is 0.326 e. The molecule has 0 bridgehead atoms. The normalized spacial score (nSPS) is 14.2. The Labute approximate surface area is 120 Å². The number of esters is 1. The number of imide groups is 1. The highest BCUT2D eigenvalue weighted by atomic mass is 16.5. The fourth-order valence-corrected chi connectivity index (χ4v) is 2.01. The topological polar surface area (TPSA) is 63.7 Å². The molecule has 0 unspecified atom stereocenters. The van der Waals surface area contributed by atoms with Crippen LogP contribution in [-0.4, -0.2) is 35.8 Å². The first-order valence-corrected chi connectivity index (χ1v) is 7.34.